The highest BCUT2D eigenvalue weighted by Gasteiger charge is 2.38. The second-order valence-electron chi connectivity index (χ2n) is 5.35. The molecule has 2 aliphatic rings. The Kier molecular flexibility index (Phi) is 3.43. The van der Waals surface area contributed by atoms with Crippen LogP contribution in [0.1, 0.15) is 32.1 Å². The van der Waals surface area contributed by atoms with Crippen molar-refractivity contribution in [1.82, 2.24) is 4.98 Å². The topological polar surface area (TPSA) is 59.3 Å². The number of aromatic nitrogens is 1. The molecule has 2 unspecified atom stereocenters. The van der Waals surface area contributed by atoms with Crippen LogP contribution in [-0.4, -0.2) is 22.5 Å². The second kappa shape index (κ2) is 5.07. The van der Waals surface area contributed by atoms with Crippen LogP contribution in [0.15, 0.2) is 16.7 Å². The van der Waals surface area contributed by atoms with Crippen molar-refractivity contribution in [1.29, 1.82) is 0 Å². The molecule has 1 saturated heterocycles. The standard InChI is InChI=1S/C13H16BrN3O2/c14-10-7-12(17(18)19)13(15-8-10)16-6-5-9-3-1-2-4-11(9)16/h7-9,11H,1-6H2. The lowest BCUT2D eigenvalue weighted by atomic mass is 9.85. The highest BCUT2D eigenvalue weighted by atomic mass is 79.9. The monoisotopic (exact) mass is 325 g/mol. The lowest BCUT2D eigenvalue weighted by Gasteiger charge is -2.32. The third kappa shape index (κ3) is 2.33. The molecule has 1 aromatic heterocycles. The summed E-state index contributed by atoms with van der Waals surface area (Å²) >= 11 is 3.26. The third-order valence-corrected chi connectivity index (χ3v) is 4.73. The zero-order valence-electron chi connectivity index (χ0n) is 10.6. The van der Waals surface area contributed by atoms with Crippen LogP contribution in [0.4, 0.5) is 11.5 Å². The lowest BCUT2D eigenvalue weighted by molar-refractivity contribution is -0.384. The summed E-state index contributed by atoms with van der Waals surface area (Å²) in [5.41, 5.74) is 0.112. The van der Waals surface area contributed by atoms with Crippen LogP contribution in [-0.2, 0) is 0 Å². The number of anilines is 1. The number of hydrogen-bond acceptors (Lipinski definition) is 4. The Morgan fingerprint density at radius 2 is 2.16 bits per heavy atom. The van der Waals surface area contributed by atoms with Crippen LogP contribution in [0.25, 0.3) is 0 Å². The summed E-state index contributed by atoms with van der Waals surface area (Å²) in [6, 6.07) is 2.00. The molecule has 0 N–H and O–H groups in total. The van der Waals surface area contributed by atoms with Gasteiger partial charge in [-0.25, -0.2) is 4.98 Å². The van der Waals surface area contributed by atoms with Crippen molar-refractivity contribution in [3.63, 3.8) is 0 Å². The Morgan fingerprint density at radius 1 is 1.37 bits per heavy atom. The van der Waals surface area contributed by atoms with Gasteiger partial charge in [-0.2, -0.15) is 0 Å². The Labute approximate surface area is 120 Å². The van der Waals surface area contributed by atoms with Crippen molar-refractivity contribution in [3.8, 4) is 0 Å². The molecule has 0 aromatic carbocycles. The minimum absolute atomic E-state index is 0.112. The predicted octanol–water partition coefficient (Wildman–Crippen LogP) is 3.52. The van der Waals surface area contributed by atoms with Crippen molar-refractivity contribution in [3.05, 3.63) is 26.9 Å². The zero-order valence-corrected chi connectivity index (χ0v) is 12.2. The number of pyridine rings is 1. The highest BCUT2D eigenvalue weighted by Crippen LogP contribution is 2.41. The minimum Gasteiger partial charge on any atom is -0.348 e. The molecule has 0 bridgehead atoms. The van der Waals surface area contributed by atoms with Gasteiger partial charge in [0, 0.05) is 29.3 Å². The summed E-state index contributed by atoms with van der Waals surface area (Å²) in [7, 11) is 0. The van der Waals surface area contributed by atoms with Crippen molar-refractivity contribution in [2.45, 2.75) is 38.1 Å². The van der Waals surface area contributed by atoms with Gasteiger partial charge in [0.15, 0.2) is 0 Å². The fourth-order valence-corrected chi connectivity index (χ4v) is 3.77. The average molecular weight is 326 g/mol. The molecule has 5 nitrogen and oxygen atoms in total. The van der Waals surface area contributed by atoms with Gasteiger partial charge in [0.25, 0.3) is 0 Å². The average Bonchev–Trinajstić information content (AvgIpc) is 2.82. The maximum Gasteiger partial charge on any atom is 0.312 e. The lowest BCUT2D eigenvalue weighted by Crippen LogP contribution is -2.35. The number of halogens is 1. The molecular weight excluding hydrogens is 310 g/mol. The maximum atomic E-state index is 11.2. The molecule has 2 fully saturated rings. The van der Waals surface area contributed by atoms with E-state index < -0.39 is 0 Å². The fourth-order valence-electron chi connectivity index (χ4n) is 3.45. The summed E-state index contributed by atoms with van der Waals surface area (Å²) in [4.78, 5) is 17.3. The molecule has 1 aromatic rings. The fraction of sp³-hybridized carbons (Fsp3) is 0.615. The van der Waals surface area contributed by atoms with E-state index in [9.17, 15) is 10.1 Å². The van der Waals surface area contributed by atoms with E-state index in [1.165, 1.54) is 19.3 Å². The molecule has 102 valence electrons. The van der Waals surface area contributed by atoms with Crippen molar-refractivity contribution < 1.29 is 4.92 Å². The first-order valence-corrected chi connectivity index (χ1v) is 7.52. The molecule has 1 aliphatic carbocycles. The molecule has 1 aliphatic heterocycles. The maximum absolute atomic E-state index is 11.2. The third-order valence-electron chi connectivity index (χ3n) is 4.29. The normalized spacial score (nSPS) is 26.3. The molecule has 0 radical (unpaired) electrons. The molecular formula is C13H16BrN3O2. The van der Waals surface area contributed by atoms with E-state index in [2.05, 4.69) is 25.8 Å². The van der Waals surface area contributed by atoms with Crippen molar-refractivity contribution in [2.24, 2.45) is 5.92 Å². The smallest absolute Gasteiger partial charge is 0.312 e. The van der Waals surface area contributed by atoms with Crippen LogP contribution >= 0.6 is 15.9 Å². The molecule has 1 saturated carbocycles. The van der Waals surface area contributed by atoms with E-state index in [-0.39, 0.29) is 10.6 Å². The van der Waals surface area contributed by atoms with Gasteiger partial charge in [-0.1, -0.05) is 12.8 Å². The summed E-state index contributed by atoms with van der Waals surface area (Å²) in [6.45, 7) is 0.894. The number of hydrogen-bond donors (Lipinski definition) is 0. The molecule has 0 spiro atoms. The van der Waals surface area contributed by atoms with Crippen LogP contribution in [0, 0.1) is 16.0 Å². The van der Waals surface area contributed by atoms with Gasteiger partial charge < -0.3 is 4.90 Å². The molecule has 19 heavy (non-hydrogen) atoms. The predicted molar refractivity (Wildman–Crippen MR) is 76.3 cm³/mol. The first-order valence-electron chi connectivity index (χ1n) is 6.73. The minimum atomic E-state index is -0.330. The summed E-state index contributed by atoms with van der Waals surface area (Å²) in [6.07, 6.45) is 7.70. The van der Waals surface area contributed by atoms with Crippen LogP contribution in [0.2, 0.25) is 0 Å². The van der Waals surface area contributed by atoms with E-state index in [1.54, 1.807) is 12.3 Å². The van der Waals surface area contributed by atoms with E-state index in [0.717, 1.165) is 19.4 Å². The largest absolute Gasteiger partial charge is 0.348 e. The van der Waals surface area contributed by atoms with Gasteiger partial charge >= 0.3 is 5.69 Å². The Morgan fingerprint density at radius 3 is 2.95 bits per heavy atom. The summed E-state index contributed by atoms with van der Waals surface area (Å²) in [5, 5.41) is 11.2. The molecule has 3 rings (SSSR count). The van der Waals surface area contributed by atoms with Gasteiger partial charge in [-0.05, 0) is 41.1 Å². The van der Waals surface area contributed by atoms with Gasteiger partial charge in [-0.3, -0.25) is 10.1 Å². The van der Waals surface area contributed by atoms with E-state index in [1.807, 2.05) is 0 Å². The Balaban J connectivity index is 1.95. The SMILES string of the molecule is O=[N+]([O-])c1cc(Br)cnc1N1CCC2CCCCC21. The van der Waals surface area contributed by atoms with Crippen molar-refractivity contribution in [2.75, 3.05) is 11.4 Å². The highest BCUT2D eigenvalue weighted by molar-refractivity contribution is 9.10. The first-order chi connectivity index (χ1) is 9.16. The number of fused-ring (bicyclic) bond motifs is 1. The van der Waals surface area contributed by atoms with Crippen LogP contribution < -0.4 is 4.90 Å². The molecule has 0 amide bonds. The quantitative estimate of drug-likeness (QED) is 0.616. The molecule has 2 atom stereocenters. The number of rotatable bonds is 2. The van der Waals surface area contributed by atoms with Crippen molar-refractivity contribution >= 4 is 27.4 Å². The molecule has 6 heteroatoms. The Hall–Kier alpha value is -1.17. The summed E-state index contributed by atoms with van der Waals surface area (Å²) < 4.78 is 0.655. The Bertz CT molecular complexity index is 509. The van der Waals surface area contributed by atoms with Crippen LogP contribution in [0.5, 0.6) is 0 Å². The zero-order chi connectivity index (χ0) is 13.4. The van der Waals surface area contributed by atoms with Gasteiger partial charge in [-0.15, -0.1) is 0 Å². The first kappa shape index (κ1) is 12.8. The number of nitro groups is 1. The summed E-state index contributed by atoms with van der Waals surface area (Å²) in [5.74, 6) is 1.24. The van der Waals surface area contributed by atoms with Crippen LogP contribution in [0.3, 0.4) is 0 Å². The second-order valence-corrected chi connectivity index (χ2v) is 6.26. The van der Waals surface area contributed by atoms with Gasteiger partial charge in [0.1, 0.15) is 0 Å². The van der Waals surface area contributed by atoms with Gasteiger partial charge in [0.2, 0.25) is 5.82 Å². The number of nitrogens with zero attached hydrogens (tertiary/aromatic N) is 3. The van der Waals surface area contributed by atoms with E-state index >= 15 is 0 Å². The molecule has 2 heterocycles. The van der Waals surface area contributed by atoms with E-state index in [4.69, 9.17) is 0 Å². The van der Waals surface area contributed by atoms with E-state index in [0.29, 0.717) is 22.3 Å². The van der Waals surface area contributed by atoms with Gasteiger partial charge in [0.05, 0.1) is 4.92 Å².